The van der Waals surface area contributed by atoms with Gasteiger partial charge in [-0.2, -0.15) is 4.98 Å². The van der Waals surface area contributed by atoms with Crippen molar-refractivity contribution in [2.75, 3.05) is 45.3 Å². The molecule has 0 saturated carbocycles. The van der Waals surface area contributed by atoms with Crippen molar-refractivity contribution in [3.05, 3.63) is 70.1 Å². The van der Waals surface area contributed by atoms with Gasteiger partial charge in [0.15, 0.2) is 11.5 Å². The molecule has 3 heterocycles. The lowest BCUT2D eigenvalue weighted by atomic mass is 9.96. The Kier molecular flexibility index (Phi) is 5.57. The number of hydrogen-bond donors (Lipinski definition) is 0. The molecule has 2 aliphatic rings. The number of fused-ring (bicyclic) bond motifs is 3. The first-order chi connectivity index (χ1) is 15.7. The molecule has 0 spiro atoms. The molecule has 1 saturated heterocycles. The molecule has 7 heteroatoms. The standard InChI is InChI=1S/C25H28N4O3/c1-31-22-14-19-8-9-29-21(20(19)15-23(22)32-2)16-24(26-25(29)30)28-12-10-27(11-13-28)17-18-6-4-3-5-7-18/h3-7,14-16H,8-13,17H2,1-2H3. The highest BCUT2D eigenvalue weighted by molar-refractivity contribution is 5.72. The number of ether oxygens (including phenoxy) is 2. The van der Waals surface area contributed by atoms with Gasteiger partial charge in [0.25, 0.3) is 0 Å². The molecule has 2 aromatic carbocycles. The molecule has 0 unspecified atom stereocenters. The van der Waals surface area contributed by atoms with Gasteiger partial charge in [-0.25, -0.2) is 4.79 Å². The van der Waals surface area contributed by atoms with Gasteiger partial charge in [-0.15, -0.1) is 0 Å². The molecule has 166 valence electrons. The van der Waals surface area contributed by atoms with E-state index in [1.54, 1.807) is 18.8 Å². The first-order valence-electron chi connectivity index (χ1n) is 11.0. The molecule has 7 nitrogen and oxygen atoms in total. The van der Waals surface area contributed by atoms with Gasteiger partial charge in [-0.05, 0) is 29.7 Å². The summed E-state index contributed by atoms with van der Waals surface area (Å²) in [5, 5.41) is 0. The molecular weight excluding hydrogens is 404 g/mol. The zero-order valence-electron chi connectivity index (χ0n) is 18.6. The fourth-order valence-electron chi connectivity index (χ4n) is 4.67. The van der Waals surface area contributed by atoms with Crippen molar-refractivity contribution in [2.45, 2.75) is 19.5 Å². The van der Waals surface area contributed by atoms with Crippen molar-refractivity contribution in [2.24, 2.45) is 0 Å². The van der Waals surface area contributed by atoms with Crippen LogP contribution in [0.5, 0.6) is 11.5 Å². The first-order valence-corrected chi connectivity index (χ1v) is 11.0. The second kappa shape index (κ2) is 8.67. The molecule has 2 aliphatic heterocycles. The van der Waals surface area contributed by atoms with Crippen molar-refractivity contribution in [3.63, 3.8) is 0 Å². The summed E-state index contributed by atoms with van der Waals surface area (Å²) < 4.78 is 12.7. The Morgan fingerprint density at radius 1 is 0.906 bits per heavy atom. The van der Waals surface area contributed by atoms with E-state index in [0.29, 0.717) is 18.0 Å². The molecule has 1 fully saturated rings. The average Bonchev–Trinajstić information content (AvgIpc) is 2.84. The van der Waals surface area contributed by atoms with Crippen LogP contribution in [0, 0.1) is 0 Å². The monoisotopic (exact) mass is 432 g/mol. The van der Waals surface area contributed by atoms with Gasteiger partial charge in [-0.3, -0.25) is 9.47 Å². The van der Waals surface area contributed by atoms with E-state index in [2.05, 4.69) is 45.1 Å². The third-order valence-electron chi connectivity index (χ3n) is 6.43. The van der Waals surface area contributed by atoms with Crippen molar-refractivity contribution in [3.8, 4) is 22.8 Å². The molecule has 0 N–H and O–H groups in total. The number of aryl methyl sites for hydroxylation is 1. The number of hydrogen-bond acceptors (Lipinski definition) is 6. The van der Waals surface area contributed by atoms with Crippen molar-refractivity contribution in [1.29, 1.82) is 0 Å². The van der Waals surface area contributed by atoms with E-state index in [1.807, 2.05) is 18.2 Å². The van der Waals surface area contributed by atoms with Crippen LogP contribution in [-0.4, -0.2) is 54.8 Å². The fourth-order valence-corrected chi connectivity index (χ4v) is 4.67. The average molecular weight is 433 g/mol. The number of piperazine rings is 1. The third kappa shape index (κ3) is 3.84. The molecule has 0 aliphatic carbocycles. The van der Waals surface area contributed by atoms with Crippen LogP contribution >= 0.6 is 0 Å². The Hall–Kier alpha value is -3.32. The highest BCUT2D eigenvalue weighted by Crippen LogP contribution is 2.38. The van der Waals surface area contributed by atoms with E-state index >= 15 is 0 Å². The number of rotatable bonds is 5. The second-order valence-corrected chi connectivity index (χ2v) is 8.30. The van der Waals surface area contributed by atoms with Crippen molar-refractivity contribution in [1.82, 2.24) is 14.5 Å². The molecule has 1 aromatic heterocycles. The minimum absolute atomic E-state index is 0.190. The summed E-state index contributed by atoms with van der Waals surface area (Å²) in [6.45, 7) is 5.15. The zero-order chi connectivity index (χ0) is 22.1. The summed E-state index contributed by atoms with van der Waals surface area (Å²) >= 11 is 0. The van der Waals surface area contributed by atoms with E-state index in [9.17, 15) is 4.79 Å². The van der Waals surface area contributed by atoms with Gasteiger partial charge in [0.1, 0.15) is 5.82 Å². The van der Waals surface area contributed by atoms with Crippen LogP contribution in [0.4, 0.5) is 5.82 Å². The molecule has 3 aromatic rings. The Labute approximate surface area is 187 Å². The Balaban J connectivity index is 1.40. The van der Waals surface area contributed by atoms with Crippen LogP contribution in [0.2, 0.25) is 0 Å². The summed E-state index contributed by atoms with van der Waals surface area (Å²) in [5.41, 5.74) is 4.20. The van der Waals surface area contributed by atoms with Gasteiger partial charge in [0.2, 0.25) is 0 Å². The minimum Gasteiger partial charge on any atom is -0.493 e. The number of methoxy groups -OCH3 is 2. The Morgan fingerprint density at radius 2 is 1.62 bits per heavy atom. The van der Waals surface area contributed by atoms with Gasteiger partial charge in [0, 0.05) is 50.9 Å². The molecular formula is C25H28N4O3. The maximum Gasteiger partial charge on any atom is 0.350 e. The highest BCUT2D eigenvalue weighted by atomic mass is 16.5. The summed E-state index contributed by atoms with van der Waals surface area (Å²) in [6, 6.07) is 16.6. The first kappa shape index (κ1) is 20.6. The summed E-state index contributed by atoms with van der Waals surface area (Å²) in [5.74, 6) is 2.13. The lowest BCUT2D eigenvalue weighted by molar-refractivity contribution is 0.249. The minimum atomic E-state index is -0.190. The molecule has 0 atom stereocenters. The molecule has 5 rings (SSSR count). The molecule has 0 radical (unpaired) electrons. The van der Waals surface area contributed by atoms with Crippen LogP contribution in [0.25, 0.3) is 11.3 Å². The van der Waals surface area contributed by atoms with Crippen molar-refractivity contribution < 1.29 is 9.47 Å². The van der Waals surface area contributed by atoms with E-state index in [4.69, 9.17) is 9.47 Å². The predicted octanol–water partition coefficient (Wildman–Crippen LogP) is 2.81. The Bertz CT molecular complexity index is 1170. The van der Waals surface area contributed by atoms with Crippen LogP contribution in [0.15, 0.2) is 53.3 Å². The maximum atomic E-state index is 12.9. The van der Waals surface area contributed by atoms with Gasteiger partial charge in [-0.1, -0.05) is 30.3 Å². The van der Waals surface area contributed by atoms with Crippen LogP contribution in [-0.2, 0) is 19.5 Å². The third-order valence-corrected chi connectivity index (χ3v) is 6.43. The van der Waals surface area contributed by atoms with Crippen molar-refractivity contribution >= 4 is 5.82 Å². The van der Waals surface area contributed by atoms with Crippen LogP contribution in [0.1, 0.15) is 11.1 Å². The fraction of sp³-hybridized carbons (Fsp3) is 0.360. The number of aromatic nitrogens is 2. The highest BCUT2D eigenvalue weighted by Gasteiger charge is 2.24. The van der Waals surface area contributed by atoms with Gasteiger partial charge >= 0.3 is 5.69 Å². The number of benzene rings is 2. The number of nitrogens with zero attached hydrogens (tertiary/aromatic N) is 4. The smallest absolute Gasteiger partial charge is 0.350 e. The van der Waals surface area contributed by atoms with E-state index in [1.165, 1.54) is 5.56 Å². The van der Waals surface area contributed by atoms with Gasteiger partial charge in [0.05, 0.1) is 19.9 Å². The SMILES string of the molecule is COc1cc2c(cc1OC)-c1cc(N3CCN(Cc4ccccc4)CC3)nc(=O)n1CC2. The molecule has 0 amide bonds. The normalized spacial score (nSPS) is 15.8. The zero-order valence-corrected chi connectivity index (χ0v) is 18.6. The van der Waals surface area contributed by atoms with E-state index < -0.39 is 0 Å². The quantitative estimate of drug-likeness (QED) is 0.618. The van der Waals surface area contributed by atoms with E-state index in [0.717, 1.165) is 61.8 Å². The molecule has 32 heavy (non-hydrogen) atoms. The lowest BCUT2D eigenvalue weighted by Gasteiger charge is -2.36. The van der Waals surface area contributed by atoms with Crippen LogP contribution in [0.3, 0.4) is 0 Å². The summed E-state index contributed by atoms with van der Waals surface area (Å²) in [6.07, 6.45) is 0.766. The maximum absolute atomic E-state index is 12.9. The number of anilines is 1. The van der Waals surface area contributed by atoms with E-state index in [-0.39, 0.29) is 5.69 Å². The summed E-state index contributed by atoms with van der Waals surface area (Å²) in [4.78, 5) is 22.0. The largest absolute Gasteiger partial charge is 0.493 e. The predicted molar refractivity (Wildman–Crippen MR) is 125 cm³/mol. The topological polar surface area (TPSA) is 59.8 Å². The lowest BCUT2D eigenvalue weighted by Crippen LogP contribution is -2.47. The summed E-state index contributed by atoms with van der Waals surface area (Å²) in [7, 11) is 3.28. The van der Waals surface area contributed by atoms with Crippen LogP contribution < -0.4 is 20.1 Å². The Morgan fingerprint density at radius 3 is 2.34 bits per heavy atom. The molecule has 0 bridgehead atoms. The van der Waals surface area contributed by atoms with Gasteiger partial charge < -0.3 is 14.4 Å². The second-order valence-electron chi connectivity index (χ2n) is 8.30.